The Kier molecular flexibility index (Phi) is 9.42. The van der Waals surface area contributed by atoms with E-state index in [9.17, 15) is 14.7 Å². The number of nitrogens with one attached hydrogen (secondary N) is 3. The highest BCUT2D eigenvalue weighted by atomic mass is 35.5. The van der Waals surface area contributed by atoms with E-state index in [1.54, 1.807) is 24.5 Å². The van der Waals surface area contributed by atoms with Crippen molar-refractivity contribution in [2.24, 2.45) is 0 Å². The van der Waals surface area contributed by atoms with E-state index in [1.165, 1.54) is 0 Å². The number of benzene rings is 1. The van der Waals surface area contributed by atoms with Gasteiger partial charge in [-0.2, -0.15) is 0 Å². The van der Waals surface area contributed by atoms with E-state index in [-0.39, 0.29) is 38.2 Å². The van der Waals surface area contributed by atoms with Crippen molar-refractivity contribution in [3.8, 4) is 23.5 Å². The number of fused-ring (bicyclic) bond motifs is 1. The van der Waals surface area contributed by atoms with Gasteiger partial charge in [0.05, 0.1) is 12.3 Å². The first-order chi connectivity index (χ1) is 15.5. The van der Waals surface area contributed by atoms with Crippen LogP contribution in [0.15, 0.2) is 42.7 Å². The van der Waals surface area contributed by atoms with E-state index in [1.807, 2.05) is 25.1 Å². The minimum Gasteiger partial charge on any atom is -0.436 e. The summed E-state index contributed by atoms with van der Waals surface area (Å²) in [6, 6.07) is 8.78. The maximum Gasteiger partial charge on any atom is 0.408 e. The number of urea groups is 1. The summed E-state index contributed by atoms with van der Waals surface area (Å²) in [6.45, 7) is 2.25. The molecule has 0 fully saturated rings. The Balaban J connectivity index is 0.00000385. The fourth-order valence-corrected chi connectivity index (χ4v) is 3.10. The quantitative estimate of drug-likeness (QED) is 0.394. The number of aliphatic hydroxyl groups is 1. The first-order valence-electron chi connectivity index (χ1n) is 9.92. The van der Waals surface area contributed by atoms with E-state index >= 15 is 0 Å². The maximum atomic E-state index is 11.9. The number of hydrogen-bond acceptors (Lipinski definition) is 6. The fraction of sp³-hybridized carbons (Fsp3) is 0.217. The van der Waals surface area contributed by atoms with Crippen LogP contribution in [0.2, 0.25) is 0 Å². The fourth-order valence-electron chi connectivity index (χ4n) is 3.10. The van der Waals surface area contributed by atoms with Crippen molar-refractivity contribution in [1.82, 2.24) is 20.6 Å². The smallest absolute Gasteiger partial charge is 0.408 e. The van der Waals surface area contributed by atoms with Gasteiger partial charge in [-0.25, -0.2) is 14.6 Å². The number of pyridine rings is 2. The largest absolute Gasteiger partial charge is 0.436 e. The van der Waals surface area contributed by atoms with Gasteiger partial charge in [0.1, 0.15) is 5.82 Å². The molecule has 10 heteroatoms. The Morgan fingerprint density at radius 3 is 2.61 bits per heavy atom. The van der Waals surface area contributed by atoms with Gasteiger partial charge >= 0.3 is 12.1 Å². The van der Waals surface area contributed by atoms with Crippen LogP contribution in [-0.4, -0.2) is 40.4 Å². The highest BCUT2D eigenvalue weighted by molar-refractivity contribution is 6.00. The van der Waals surface area contributed by atoms with Crippen molar-refractivity contribution in [1.29, 1.82) is 0 Å². The molecule has 0 aliphatic carbocycles. The second-order valence-corrected chi connectivity index (χ2v) is 6.70. The molecule has 3 rings (SSSR count). The number of aliphatic hydroxyl groups excluding tert-OH is 1. The number of ether oxygens (including phenoxy) is 1. The molecule has 0 spiro atoms. The summed E-state index contributed by atoms with van der Waals surface area (Å²) in [5.41, 5.74) is 3.05. The average molecular weight is 470 g/mol. The maximum absolute atomic E-state index is 11.9. The predicted octanol–water partition coefficient (Wildman–Crippen LogP) is 3.21. The van der Waals surface area contributed by atoms with E-state index in [4.69, 9.17) is 11.2 Å². The molecule has 33 heavy (non-hydrogen) atoms. The Morgan fingerprint density at radius 1 is 1.12 bits per heavy atom. The van der Waals surface area contributed by atoms with Crippen LogP contribution in [0.3, 0.4) is 0 Å². The number of amides is 3. The Hall–Kier alpha value is -3.87. The average Bonchev–Trinajstić information content (AvgIpc) is 2.81. The van der Waals surface area contributed by atoms with Gasteiger partial charge in [-0.05, 0) is 35.6 Å². The van der Waals surface area contributed by atoms with E-state index < -0.39 is 6.09 Å². The number of nitrogens with zero attached hydrogens (tertiary/aromatic N) is 2. The highest BCUT2D eigenvalue weighted by Crippen LogP contribution is 2.32. The van der Waals surface area contributed by atoms with Gasteiger partial charge in [0, 0.05) is 36.4 Å². The van der Waals surface area contributed by atoms with Crippen LogP contribution in [0.25, 0.3) is 21.9 Å². The summed E-state index contributed by atoms with van der Waals surface area (Å²) in [5.74, 6) is 2.61. The molecule has 0 aliphatic rings. The van der Waals surface area contributed by atoms with Crippen molar-refractivity contribution in [3.63, 3.8) is 0 Å². The lowest BCUT2D eigenvalue weighted by molar-refractivity contribution is 0.159. The van der Waals surface area contributed by atoms with Gasteiger partial charge in [-0.1, -0.05) is 24.1 Å². The Labute approximate surface area is 197 Å². The standard InChI is InChI=1S/C23H23N5O4.ClH/c1-3-9-32-23(31)27-12-16-6-8-18(15-5-7-17(14-29)25-11-15)19-10-21(26-13-20(16)19)28-22(30)24-4-2;/h1,5-8,10-11,13,29H,4,9,12,14H2,2H3,(H,27,31)(H2,24,26,28,30);1H. The van der Waals surface area contributed by atoms with Crippen molar-refractivity contribution in [2.75, 3.05) is 18.5 Å². The van der Waals surface area contributed by atoms with Crippen LogP contribution in [0.1, 0.15) is 18.2 Å². The molecule has 2 aromatic heterocycles. The van der Waals surface area contributed by atoms with Crippen LogP contribution in [-0.2, 0) is 17.9 Å². The Morgan fingerprint density at radius 2 is 1.94 bits per heavy atom. The molecule has 0 radical (unpaired) electrons. The zero-order valence-corrected chi connectivity index (χ0v) is 18.7. The second-order valence-electron chi connectivity index (χ2n) is 6.70. The van der Waals surface area contributed by atoms with Crippen molar-refractivity contribution in [3.05, 3.63) is 54.0 Å². The molecule has 3 aromatic rings. The van der Waals surface area contributed by atoms with Crippen LogP contribution >= 0.6 is 12.4 Å². The molecule has 172 valence electrons. The molecule has 1 aromatic carbocycles. The summed E-state index contributed by atoms with van der Waals surface area (Å²) < 4.78 is 4.84. The summed E-state index contributed by atoms with van der Waals surface area (Å²) in [7, 11) is 0. The minimum atomic E-state index is -0.619. The van der Waals surface area contributed by atoms with Crippen LogP contribution in [0.4, 0.5) is 15.4 Å². The third-order valence-electron chi connectivity index (χ3n) is 4.58. The molecule has 9 nitrogen and oxygen atoms in total. The number of carbonyl (C=O) groups excluding carboxylic acids is 2. The number of terminal acetylenes is 1. The normalized spacial score (nSPS) is 9.97. The molecule has 0 unspecified atom stereocenters. The van der Waals surface area contributed by atoms with Crippen molar-refractivity contribution >= 4 is 41.1 Å². The lowest BCUT2D eigenvalue weighted by Gasteiger charge is -2.14. The topological polar surface area (TPSA) is 125 Å². The van der Waals surface area contributed by atoms with Gasteiger partial charge in [-0.15, -0.1) is 18.8 Å². The first kappa shape index (κ1) is 25.4. The molecule has 0 aliphatic heterocycles. The van der Waals surface area contributed by atoms with Gasteiger partial charge in [0.25, 0.3) is 0 Å². The van der Waals surface area contributed by atoms with E-state index in [0.717, 1.165) is 27.5 Å². The molecular weight excluding hydrogens is 446 g/mol. The first-order valence-corrected chi connectivity index (χ1v) is 9.92. The third kappa shape index (κ3) is 6.55. The lowest BCUT2D eigenvalue weighted by atomic mass is 9.96. The molecule has 4 N–H and O–H groups in total. The number of alkyl carbamates (subject to hydrolysis) is 1. The van der Waals surface area contributed by atoms with Gasteiger partial charge in [-0.3, -0.25) is 10.3 Å². The van der Waals surface area contributed by atoms with Crippen LogP contribution in [0, 0.1) is 12.3 Å². The number of halogens is 1. The lowest BCUT2D eigenvalue weighted by Crippen LogP contribution is -2.28. The molecule has 0 bridgehead atoms. The zero-order valence-electron chi connectivity index (χ0n) is 17.9. The van der Waals surface area contributed by atoms with Crippen molar-refractivity contribution < 1.29 is 19.4 Å². The molecule has 0 saturated carbocycles. The Bertz CT molecular complexity index is 1160. The number of carbonyl (C=O) groups is 2. The number of aromatic nitrogens is 2. The molecular formula is C23H24ClN5O4. The zero-order chi connectivity index (χ0) is 22.9. The molecule has 0 atom stereocenters. The third-order valence-corrected chi connectivity index (χ3v) is 4.58. The molecule has 3 amide bonds. The van der Waals surface area contributed by atoms with Gasteiger partial charge < -0.3 is 20.5 Å². The van der Waals surface area contributed by atoms with Crippen molar-refractivity contribution in [2.45, 2.75) is 20.1 Å². The number of anilines is 1. The summed E-state index contributed by atoms with van der Waals surface area (Å²) in [5, 5.41) is 18.9. The van der Waals surface area contributed by atoms with E-state index in [0.29, 0.717) is 18.1 Å². The monoisotopic (exact) mass is 469 g/mol. The van der Waals surface area contributed by atoms with Crippen LogP contribution < -0.4 is 16.0 Å². The minimum absolute atomic E-state index is 0. The van der Waals surface area contributed by atoms with E-state index in [2.05, 4.69) is 31.8 Å². The van der Waals surface area contributed by atoms with Gasteiger partial charge in [0.2, 0.25) is 0 Å². The summed E-state index contributed by atoms with van der Waals surface area (Å²) in [6.07, 6.45) is 7.79. The van der Waals surface area contributed by atoms with Crippen LogP contribution in [0.5, 0.6) is 0 Å². The van der Waals surface area contributed by atoms with Gasteiger partial charge in [0.15, 0.2) is 6.61 Å². The molecule has 0 saturated heterocycles. The predicted molar refractivity (Wildman–Crippen MR) is 128 cm³/mol. The summed E-state index contributed by atoms with van der Waals surface area (Å²) in [4.78, 5) is 32.3. The number of rotatable bonds is 7. The second kappa shape index (κ2) is 12.2. The highest BCUT2D eigenvalue weighted by Gasteiger charge is 2.12. The number of hydrogen-bond donors (Lipinski definition) is 4. The summed E-state index contributed by atoms with van der Waals surface area (Å²) >= 11 is 0. The molecule has 2 heterocycles. The SMILES string of the molecule is C#CCOC(=O)NCc1ccc(-c2ccc(CO)nc2)c2cc(NC(=O)NCC)ncc12.Cl.